The maximum atomic E-state index is 14.0. The van der Waals surface area contributed by atoms with Gasteiger partial charge in [0.25, 0.3) is 0 Å². The number of anilines is 1. The van der Waals surface area contributed by atoms with Crippen LogP contribution in [0.5, 0.6) is 0 Å². The van der Waals surface area contributed by atoms with Crippen LogP contribution >= 0.6 is 0 Å². The van der Waals surface area contributed by atoms with Crippen molar-refractivity contribution in [3.05, 3.63) is 30.3 Å². The lowest BCUT2D eigenvalue weighted by Gasteiger charge is -2.56. The minimum Gasteiger partial charge on any atom is -0.321 e. The maximum Gasteiger partial charge on any atom is 0.191 e. The van der Waals surface area contributed by atoms with Gasteiger partial charge in [-0.25, -0.2) is 0 Å². The molecule has 6 heteroatoms. The van der Waals surface area contributed by atoms with Gasteiger partial charge in [0.2, 0.25) is 0 Å². The molecule has 0 unspecified atom stereocenters. The standard InChI is InChI=1S/C17H35NOSi4/c1-18(16-14-12-11-13-15-16)17(19)23(20(2,3)4,21(5,6)7)22(8,9)10/h11-15H,1-10H3. The van der Waals surface area contributed by atoms with Gasteiger partial charge in [-0.3, -0.25) is 4.79 Å². The van der Waals surface area contributed by atoms with Gasteiger partial charge < -0.3 is 4.90 Å². The number of carbonyl (C=O) groups excluding carboxylic acids is 1. The predicted octanol–water partition coefficient (Wildman–Crippen LogP) is 5.52. The summed E-state index contributed by atoms with van der Waals surface area (Å²) >= 11 is 0. The zero-order valence-electron chi connectivity index (χ0n) is 16.7. The molecule has 1 amide bonds. The van der Waals surface area contributed by atoms with Gasteiger partial charge in [-0.1, -0.05) is 77.1 Å². The lowest BCUT2D eigenvalue weighted by Crippen LogP contribution is -2.88. The second-order valence-electron chi connectivity index (χ2n) is 9.70. The molecule has 1 aromatic carbocycles. The Bertz CT molecular complexity index is 517. The van der Waals surface area contributed by atoms with Gasteiger partial charge in [0.15, 0.2) is 5.53 Å². The van der Waals surface area contributed by atoms with Crippen molar-refractivity contribution in [1.82, 2.24) is 0 Å². The molecule has 0 aliphatic carbocycles. The summed E-state index contributed by atoms with van der Waals surface area (Å²) in [5.74, 6) is 0. The number of amides is 1. The maximum absolute atomic E-state index is 14.0. The molecule has 0 spiro atoms. The lowest BCUT2D eigenvalue weighted by atomic mass is 10.3. The Hall–Kier alpha value is -0.442. The zero-order chi connectivity index (χ0) is 18.3. The second kappa shape index (κ2) is 6.46. The van der Waals surface area contributed by atoms with Crippen molar-refractivity contribution < 1.29 is 4.79 Å². The summed E-state index contributed by atoms with van der Waals surface area (Å²) in [7, 11) is -2.79. The lowest BCUT2D eigenvalue weighted by molar-refractivity contribution is 0.264. The summed E-state index contributed by atoms with van der Waals surface area (Å²) in [5.41, 5.74) is 1.56. The topological polar surface area (TPSA) is 20.3 Å². The van der Waals surface area contributed by atoms with Crippen LogP contribution in [-0.2, 0) is 0 Å². The van der Waals surface area contributed by atoms with Gasteiger partial charge in [-0.05, 0) is 12.1 Å². The predicted molar refractivity (Wildman–Crippen MR) is 116 cm³/mol. The Labute approximate surface area is 146 Å². The quantitative estimate of drug-likeness (QED) is 0.615. The SMILES string of the molecule is CN(C(=O)[Si]([Si](C)(C)C)([Si](C)(C)C)[Si](C)(C)C)c1ccccc1. The van der Waals surface area contributed by atoms with Crippen LogP contribution in [0.25, 0.3) is 0 Å². The first-order chi connectivity index (χ1) is 10.2. The van der Waals surface area contributed by atoms with Gasteiger partial charge in [-0.2, -0.15) is 0 Å². The molecule has 1 rings (SSSR count). The molecule has 0 bridgehead atoms. The Morgan fingerprint density at radius 3 is 1.39 bits per heavy atom. The van der Waals surface area contributed by atoms with Crippen molar-refractivity contribution in [2.24, 2.45) is 0 Å². The minimum atomic E-state index is -2.05. The molecule has 0 saturated carbocycles. The molecular formula is C17H35NOSi4. The van der Waals surface area contributed by atoms with E-state index in [1.165, 1.54) is 0 Å². The van der Waals surface area contributed by atoms with Crippen LogP contribution in [0.2, 0.25) is 58.9 Å². The van der Waals surface area contributed by atoms with E-state index < -0.39 is 29.4 Å². The van der Waals surface area contributed by atoms with Crippen molar-refractivity contribution in [3.8, 4) is 0 Å². The van der Waals surface area contributed by atoms with Gasteiger partial charge in [0, 0.05) is 35.5 Å². The summed E-state index contributed by atoms with van der Waals surface area (Å²) < 4.78 is 0. The Kier molecular flexibility index (Phi) is 5.79. The molecule has 0 N–H and O–H groups in total. The molecule has 0 aliphatic heterocycles. The fourth-order valence-corrected chi connectivity index (χ4v) is 103. The van der Waals surface area contributed by atoms with Crippen LogP contribution in [0.15, 0.2) is 30.3 Å². The first kappa shape index (κ1) is 20.6. The molecule has 0 atom stereocenters. The third-order valence-corrected chi connectivity index (χ3v) is 75.5. The average Bonchev–Trinajstić information content (AvgIpc) is 2.34. The van der Waals surface area contributed by atoms with E-state index in [4.69, 9.17) is 0 Å². The van der Waals surface area contributed by atoms with E-state index >= 15 is 0 Å². The molecule has 0 aliphatic rings. The van der Waals surface area contributed by atoms with Crippen molar-refractivity contribution in [3.63, 3.8) is 0 Å². The highest BCUT2D eigenvalue weighted by molar-refractivity contribution is 7.97. The number of rotatable bonds is 5. The number of para-hydroxylation sites is 1. The van der Waals surface area contributed by atoms with E-state index in [1.807, 2.05) is 30.1 Å². The molecule has 0 aromatic heterocycles. The normalized spacial score (nSPS) is 13.8. The molecule has 0 radical (unpaired) electrons. The average molecular weight is 382 g/mol. The number of nitrogens with zero attached hydrogens (tertiary/aromatic N) is 1. The number of carbonyl (C=O) groups is 1. The second-order valence-corrected chi connectivity index (χ2v) is 49.9. The minimum absolute atomic E-state index is 0.515. The molecule has 0 fully saturated rings. The Balaban J connectivity index is 3.62. The van der Waals surface area contributed by atoms with Crippen molar-refractivity contribution in [2.75, 3.05) is 11.9 Å². The Morgan fingerprint density at radius 1 is 0.739 bits per heavy atom. The van der Waals surface area contributed by atoms with Gasteiger partial charge in [0.1, 0.15) is 6.63 Å². The van der Waals surface area contributed by atoms with Crippen LogP contribution in [0.4, 0.5) is 10.5 Å². The van der Waals surface area contributed by atoms with E-state index in [9.17, 15) is 4.79 Å². The summed E-state index contributed by atoms with van der Waals surface area (Å²) in [5, 5.41) is 0. The first-order valence-electron chi connectivity index (χ1n) is 8.51. The molecule has 0 heterocycles. The highest BCUT2D eigenvalue weighted by atomic mass is 29.9. The van der Waals surface area contributed by atoms with Crippen LogP contribution in [0.1, 0.15) is 0 Å². The van der Waals surface area contributed by atoms with E-state index in [2.05, 4.69) is 71.1 Å². The van der Waals surface area contributed by atoms with Crippen LogP contribution < -0.4 is 4.90 Å². The third-order valence-electron chi connectivity index (χ3n) is 5.14. The number of hydrogen-bond donors (Lipinski definition) is 0. The largest absolute Gasteiger partial charge is 0.321 e. The summed E-state index contributed by atoms with van der Waals surface area (Å²) in [6.07, 6.45) is 0. The van der Waals surface area contributed by atoms with Crippen molar-refractivity contribution in [1.29, 1.82) is 0 Å². The van der Waals surface area contributed by atoms with Crippen LogP contribution in [0.3, 0.4) is 0 Å². The van der Waals surface area contributed by atoms with Crippen molar-refractivity contribution in [2.45, 2.75) is 58.9 Å². The fraction of sp³-hybridized carbons (Fsp3) is 0.588. The molecule has 0 saturated heterocycles. The van der Waals surface area contributed by atoms with E-state index in [0.29, 0.717) is 5.53 Å². The highest BCUT2D eigenvalue weighted by Gasteiger charge is 2.67. The zero-order valence-corrected chi connectivity index (χ0v) is 20.7. The van der Waals surface area contributed by atoms with E-state index in [-0.39, 0.29) is 0 Å². The van der Waals surface area contributed by atoms with Gasteiger partial charge in [0.05, 0.1) is 0 Å². The van der Waals surface area contributed by atoms with Gasteiger partial charge >= 0.3 is 0 Å². The van der Waals surface area contributed by atoms with Crippen molar-refractivity contribution >= 4 is 40.6 Å². The molecule has 23 heavy (non-hydrogen) atoms. The third kappa shape index (κ3) is 3.50. The van der Waals surface area contributed by atoms with Gasteiger partial charge in [-0.15, -0.1) is 0 Å². The smallest absolute Gasteiger partial charge is 0.191 e. The van der Waals surface area contributed by atoms with Crippen LogP contribution in [-0.4, -0.2) is 42.0 Å². The van der Waals surface area contributed by atoms with E-state index in [0.717, 1.165) is 5.69 Å². The monoisotopic (exact) mass is 381 g/mol. The highest BCUT2D eigenvalue weighted by Crippen LogP contribution is 2.39. The number of hydrogen-bond acceptors (Lipinski definition) is 1. The summed E-state index contributed by atoms with van der Waals surface area (Å²) in [4.78, 5) is 16.0. The Morgan fingerprint density at radius 2 is 1.09 bits per heavy atom. The molecular weight excluding hydrogens is 347 g/mol. The first-order valence-corrected chi connectivity index (χ1v) is 24.0. The molecule has 130 valence electrons. The summed E-state index contributed by atoms with van der Waals surface area (Å²) in [6, 6.07) is 10.2. The van der Waals surface area contributed by atoms with E-state index in [1.54, 1.807) is 0 Å². The van der Waals surface area contributed by atoms with Crippen LogP contribution in [0, 0.1) is 0 Å². The molecule has 2 nitrogen and oxygen atoms in total. The molecule has 1 aromatic rings. The summed E-state index contributed by atoms with van der Waals surface area (Å²) in [6.45, 7) is 20.1. The number of benzene rings is 1. The fourth-order valence-electron chi connectivity index (χ4n) is 5.36.